The molecule has 1 aromatic carbocycles. The lowest BCUT2D eigenvalue weighted by molar-refractivity contribution is 0.0407. The Balaban J connectivity index is 1.17. The van der Waals surface area contributed by atoms with E-state index in [2.05, 4.69) is 25.7 Å². The third-order valence-electron chi connectivity index (χ3n) is 6.94. The van der Waals surface area contributed by atoms with Crippen molar-refractivity contribution in [3.05, 3.63) is 42.0 Å². The van der Waals surface area contributed by atoms with E-state index in [1.165, 1.54) is 0 Å². The Bertz CT molecular complexity index is 999. The first-order valence-corrected chi connectivity index (χ1v) is 11.7. The van der Waals surface area contributed by atoms with Crippen molar-refractivity contribution in [1.29, 1.82) is 0 Å². The zero-order valence-electron chi connectivity index (χ0n) is 20.6. The average molecular weight is 438 g/mol. The van der Waals surface area contributed by atoms with E-state index in [0.717, 1.165) is 62.5 Å². The minimum atomic E-state index is -1.29. The van der Waals surface area contributed by atoms with Crippen LogP contribution < -0.4 is 10.6 Å². The number of nitrogens with zero attached hydrogens (tertiary/aromatic N) is 3. The Morgan fingerprint density at radius 2 is 2.06 bits per heavy atom. The fourth-order valence-electron chi connectivity index (χ4n) is 5.36. The summed E-state index contributed by atoms with van der Waals surface area (Å²) in [6, 6.07) is 11.6. The predicted molar refractivity (Wildman–Crippen MR) is 124 cm³/mol. The predicted octanol–water partition coefficient (Wildman–Crippen LogP) is 3.05. The Hall–Kier alpha value is -2.51. The van der Waals surface area contributed by atoms with Gasteiger partial charge in [0.15, 0.2) is 0 Å². The van der Waals surface area contributed by atoms with Crippen LogP contribution in [0.15, 0.2) is 36.4 Å². The van der Waals surface area contributed by atoms with Crippen LogP contribution in [0.2, 0.25) is 0 Å². The third-order valence-corrected chi connectivity index (χ3v) is 6.94. The summed E-state index contributed by atoms with van der Waals surface area (Å²) >= 11 is 0. The smallest absolute Gasteiger partial charge is 0.251 e. The van der Waals surface area contributed by atoms with Gasteiger partial charge >= 0.3 is 0 Å². The molecule has 1 aliphatic carbocycles. The molecule has 2 aliphatic heterocycles. The maximum atomic E-state index is 11.9. The summed E-state index contributed by atoms with van der Waals surface area (Å²) in [4.78, 5) is 14.0. The molecule has 1 amide bonds. The highest BCUT2D eigenvalue weighted by Gasteiger charge is 2.41. The first kappa shape index (κ1) is 19.0. The van der Waals surface area contributed by atoms with Crippen molar-refractivity contribution in [3.8, 4) is 11.3 Å². The van der Waals surface area contributed by atoms with Crippen LogP contribution in [0.4, 0.5) is 5.82 Å². The van der Waals surface area contributed by atoms with Crippen LogP contribution in [-0.2, 0) is 4.74 Å². The zero-order valence-corrected chi connectivity index (χ0v) is 18.6. The lowest BCUT2D eigenvalue weighted by Gasteiger charge is -2.27. The van der Waals surface area contributed by atoms with Gasteiger partial charge < -0.3 is 20.3 Å². The van der Waals surface area contributed by atoms with Crippen LogP contribution in [0.25, 0.3) is 11.3 Å². The van der Waals surface area contributed by atoms with Crippen LogP contribution >= 0.6 is 0 Å². The number of aromatic nitrogens is 2. The fourth-order valence-corrected chi connectivity index (χ4v) is 5.36. The highest BCUT2D eigenvalue weighted by molar-refractivity contribution is 5.95. The van der Waals surface area contributed by atoms with Gasteiger partial charge in [-0.25, -0.2) is 0 Å². The number of benzene rings is 1. The molecule has 2 aromatic rings. The van der Waals surface area contributed by atoms with Gasteiger partial charge in [0, 0.05) is 53.2 Å². The van der Waals surface area contributed by atoms with Gasteiger partial charge in [0.2, 0.25) is 0 Å². The van der Waals surface area contributed by atoms with Crippen molar-refractivity contribution >= 4 is 11.7 Å². The standard InChI is InChI=1S/C25H33N5O2/c1-26-25(31)19-6-2-5-18(10-19)23-7-8-24(29-28-23)27-22-11-20-14-30(15-21(20)12-22)13-17-4-3-9-32-16-17/h2,5-8,10,17,20-22H,3-4,9,11-16H2,1H3,(H,26,31)(H,27,29)/t17-,20-,21+,22?/m0/s1/i13D2. The van der Waals surface area contributed by atoms with Crippen LogP contribution in [0.1, 0.15) is 38.8 Å². The molecule has 2 N–H and O–H groups in total. The van der Waals surface area contributed by atoms with Crippen molar-refractivity contribution in [3.63, 3.8) is 0 Å². The number of anilines is 1. The van der Waals surface area contributed by atoms with E-state index in [-0.39, 0.29) is 11.8 Å². The van der Waals surface area contributed by atoms with Gasteiger partial charge in [0.25, 0.3) is 5.91 Å². The van der Waals surface area contributed by atoms with Crippen LogP contribution in [0.3, 0.4) is 0 Å². The molecule has 0 bridgehead atoms. The lowest BCUT2D eigenvalue weighted by atomic mass is 10.0. The average Bonchev–Trinajstić information content (AvgIpc) is 3.44. The van der Waals surface area contributed by atoms with Gasteiger partial charge in [-0.1, -0.05) is 12.1 Å². The monoisotopic (exact) mass is 437 g/mol. The number of fused-ring (bicyclic) bond motifs is 1. The normalized spacial score (nSPS) is 29.2. The molecule has 32 heavy (non-hydrogen) atoms. The summed E-state index contributed by atoms with van der Waals surface area (Å²) in [5.41, 5.74) is 2.17. The Morgan fingerprint density at radius 3 is 2.75 bits per heavy atom. The molecule has 1 aromatic heterocycles. The van der Waals surface area contributed by atoms with Crippen LogP contribution in [-0.4, -0.2) is 66.9 Å². The number of nitrogens with one attached hydrogen (secondary N) is 2. The number of amides is 1. The van der Waals surface area contributed by atoms with Gasteiger partial charge in [-0.2, -0.15) is 0 Å². The molecule has 170 valence electrons. The van der Waals surface area contributed by atoms with E-state index >= 15 is 0 Å². The van der Waals surface area contributed by atoms with Crippen molar-refractivity contribution in [2.75, 3.05) is 45.2 Å². The first-order chi connectivity index (χ1) is 16.4. The Kier molecular flexibility index (Phi) is 5.67. The van der Waals surface area contributed by atoms with Crippen molar-refractivity contribution in [2.45, 2.75) is 31.7 Å². The summed E-state index contributed by atoms with van der Waals surface area (Å²) in [5, 5.41) is 14.9. The molecule has 7 heteroatoms. The number of carbonyl (C=O) groups is 1. The number of ether oxygens (including phenoxy) is 1. The van der Waals surface area contributed by atoms with Crippen molar-refractivity contribution in [1.82, 2.24) is 20.4 Å². The number of likely N-dealkylation sites (tertiary alicyclic amines) is 1. The second-order valence-corrected chi connectivity index (χ2v) is 9.24. The molecule has 2 saturated heterocycles. The van der Waals surface area contributed by atoms with E-state index in [1.54, 1.807) is 13.1 Å². The van der Waals surface area contributed by atoms with E-state index in [0.29, 0.717) is 30.0 Å². The topological polar surface area (TPSA) is 79.4 Å². The second kappa shape index (κ2) is 9.55. The zero-order chi connectivity index (χ0) is 23.7. The summed E-state index contributed by atoms with van der Waals surface area (Å²) < 4.78 is 23.0. The minimum absolute atomic E-state index is 0.0279. The highest BCUT2D eigenvalue weighted by Crippen LogP contribution is 2.39. The third kappa shape index (κ3) is 4.79. The van der Waals surface area contributed by atoms with Crippen LogP contribution in [0.5, 0.6) is 0 Å². The lowest BCUT2D eigenvalue weighted by Crippen LogP contribution is -2.33. The van der Waals surface area contributed by atoms with E-state index in [1.807, 2.05) is 30.3 Å². The molecule has 3 heterocycles. The molecule has 1 unspecified atom stereocenters. The SMILES string of the molecule is [2H]C([2H])([C@@H]1CCCOC1)N1C[C@H]2CC(Nc3ccc(-c4cccc(C(=O)NC)c4)nn3)C[C@H]2C1. The highest BCUT2D eigenvalue weighted by atomic mass is 16.5. The van der Waals surface area contributed by atoms with Crippen molar-refractivity contribution < 1.29 is 12.3 Å². The molecule has 0 spiro atoms. The molecule has 3 aliphatic rings. The molecular weight excluding hydrogens is 402 g/mol. The van der Waals surface area contributed by atoms with E-state index in [4.69, 9.17) is 7.48 Å². The van der Waals surface area contributed by atoms with Gasteiger partial charge in [-0.05, 0) is 67.7 Å². The molecular formula is C25H33N5O2. The van der Waals surface area contributed by atoms with Gasteiger partial charge in [0.1, 0.15) is 5.82 Å². The molecule has 7 nitrogen and oxygen atoms in total. The minimum Gasteiger partial charge on any atom is -0.381 e. The van der Waals surface area contributed by atoms with Gasteiger partial charge in [0.05, 0.1) is 12.3 Å². The number of hydrogen-bond acceptors (Lipinski definition) is 6. The largest absolute Gasteiger partial charge is 0.381 e. The molecule has 3 fully saturated rings. The Labute approximate surface area is 192 Å². The maximum Gasteiger partial charge on any atom is 0.251 e. The van der Waals surface area contributed by atoms with E-state index < -0.39 is 6.50 Å². The number of rotatable bonds is 6. The van der Waals surface area contributed by atoms with E-state index in [9.17, 15) is 4.79 Å². The number of hydrogen-bond donors (Lipinski definition) is 2. The first-order valence-electron chi connectivity index (χ1n) is 12.7. The summed E-state index contributed by atoms with van der Waals surface area (Å²) in [7, 11) is 1.62. The summed E-state index contributed by atoms with van der Waals surface area (Å²) in [5.74, 6) is 1.62. The van der Waals surface area contributed by atoms with Crippen molar-refractivity contribution in [2.24, 2.45) is 17.8 Å². The molecule has 1 saturated carbocycles. The molecule has 5 rings (SSSR count). The summed E-state index contributed by atoms with van der Waals surface area (Å²) in [6.45, 7) is 1.65. The van der Waals surface area contributed by atoms with Crippen LogP contribution in [0, 0.1) is 17.8 Å². The van der Waals surface area contributed by atoms with Gasteiger partial charge in [-0.3, -0.25) is 4.79 Å². The number of carbonyl (C=O) groups excluding carboxylic acids is 1. The Morgan fingerprint density at radius 1 is 1.22 bits per heavy atom. The molecule has 0 radical (unpaired) electrons. The second-order valence-electron chi connectivity index (χ2n) is 9.24. The maximum absolute atomic E-state index is 11.9. The summed E-state index contributed by atoms with van der Waals surface area (Å²) in [6.07, 6.45) is 3.91. The quantitative estimate of drug-likeness (QED) is 0.723. The fraction of sp³-hybridized carbons (Fsp3) is 0.560. The molecule has 4 atom stereocenters. The van der Waals surface area contributed by atoms with Gasteiger partial charge in [-0.15, -0.1) is 10.2 Å².